The van der Waals surface area contributed by atoms with Crippen molar-refractivity contribution in [2.75, 3.05) is 0 Å². The van der Waals surface area contributed by atoms with Crippen LogP contribution in [0.15, 0.2) is 30.5 Å². The first-order valence-corrected chi connectivity index (χ1v) is 5.84. The summed E-state index contributed by atoms with van der Waals surface area (Å²) in [6, 6.07) is 7.47. The Hall–Kier alpha value is -1.61. The molecule has 0 amide bonds. The van der Waals surface area contributed by atoms with Gasteiger partial charge < -0.3 is 0 Å². The number of aryl methyl sites for hydroxylation is 2. The molecule has 0 radical (unpaired) electrons. The Morgan fingerprint density at radius 2 is 2.12 bits per heavy atom. The number of aromatic nitrogens is 2. The van der Waals surface area contributed by atoms with Crippen molar-refractivity contribution in [1.82, 2.24) is 9.78 Å². The minimum atomic E-state index is -0.0764. The molecule has 0 N–H and O–H groups in total. The highest BCUT2D eigenvalue weighted by atomic mass is 35.5. The lowest BCUT2D eigenvalue weighted by Gasteiger charge is -2.07. The van der Waals surface area contributed by atoms with Crippen molar-refractivity contribution in [3.8, 4) is 0 Å². The lowest BCUT2D eigenvalue weighted by molar-refractivity contribution is 0.102. The Balaban J connectivity index is 2.51. The summed E-state index contributed by atoms with van der Waals surface area (Å²) < 4.78 is 1.62. The van der Waals surface area contributed by atoms with Crippen molar-refractivity contribution < 1.29 is 4.79 Å². The second-order valence-electron chi connectivity index (χ2n) is 3.80. The summed E-state index contributed by atoms with van der Waals surface area (Å²) in [6.07, 6.45) is 1.51. The van der Waals surface area contributed by atoms with Gasteiger partial charge in [0.15, 0.2) is 0 Å². The molecule has 88 valence electrons. The zero-order valence-electron chi connectivity index (χ0n) is 9.77. The number of ketones is 1. The fourth-order valence-corrected chi connectivity index (χ4v) is 2.01. The van der Waals surface area contributed by atoms with Crippen LogP contribution in [0.4, 0.5) is 0 Å². The van der Waals surface area contributed by atoms with Crippen LogP contribution in [-0.2, 0) is 6.54 Å². The summed E-state index contributed by atoms with van der Waals surface area (Å²) in [6.45, 7) is 4.46. The highest BCUT2D eigenvalue weighted by Crippen LogP contribution is 2.20. The fourth-order valence-electron chi connectivity index (χ4n) is 1.78. The second-order valence-corrected chi connectivity index (χ2v) is 4.21. The average Bonchev–Trinajstić information content (AvgIpc) is 2.70. The molecule has 2 aromatic rings. The largest absolute Gasteiger partial charge is 0.287 e. The van der Waals surface area contributed by atoms with Crippen LogP contribution in [0.1, 0.15) is 28.5 Å². The number of nitrogens with zero attached hydrogens (tertiary/aromatic N) is 2. The minimum absolute atomic E-state index is 0.0764. The quantitative estimate of drug-likeness (QED) is 0.783. The number of halogens is 1. The van der Waals surface area contributed by atoms with E-state index < -0.39 is 0 Å². The summed E-state index contributed by atoms with van der Waals surface area (Å²) in [4.78, 5) is 12.4. The van der Waals surface area contributed by atoms with Gasteiger partial charge in [-0.15, -0.1) is 0 Å². The summed E-state index contributed by atoms with van der Waals surface area (Å²) in [7, 11) is 0. The molecule has 4 heteroatoms. The van der Waals surface area contributed by atoms with Crippen molar-refractivity contribution in [3.05, 3.63) is 52.3 Å². The maximum absolute atomic E-state index is 12.4. The lowest BCUT2D eigenvalue weighted by atomic mass is 10.0. The van der Waals surface area contributed by atoms with Gasteiger partial charge in [0.2, 0.25) is 5.78 Å². The highest BCUT2D eigenvalue weighted by Gasteiger charge is 2.19. The summed E-state index contributed by atoms with van der Waals surface area (Å²) in [5, 5.41) is 4.48. The van der Waals surface area contributed by atoms with Crippen LogP contribution in [0.25, 0.3) is 0 Å². The van der Waals surface area contributed by atoms with Crippen LogP contribution in [-0.4, -0.2) is 15.6 Å². The fraction of sp³-hybridized carbons (Fsp3) is 0.231. The first-order chi connectivity index (χ1) is 8.15. The Kier molecular flexibility index (Phi) is 3.29. The zero-order chi connectivity index (χ0) is 12.4. The van der Waals surface area contributed by atoms with Gasteiger partial charge >= 0.3 is 0 Å². The van der Waals surface area contributed by atoms with E-state index in [-0.39, 0.29) is 5.78 Å². The van der Waals surface area contributed by atoms with Crippen LogP contribution in [0.3, 0.4) is 0 Å². The van der Waals surface area contributed by atoms with Crippen molar-refractivity contribution in [2.24, 2.45) is 0 Å². The minimum Gasteiger partial charge on any atom is -0.287 e. The molecule has 1 heterocycles. The van der Waals surface area contributed by atoms with Crippen molar-refractivity contribution in [1.29, 1.82) is 0 Å². The molecule has 0 aliphatic rings. The van der Waals surface area contributed by atoms with E-state index in [1.54, 1.807) is 10.7 Å². The van der Waals surface area contributed by atoms with Gasteiger partial charge in [-0.2, -0.15) is 5.10 Å². The first-order valence-electron chi connectivity index (χ1n) is 5.46. The molecule has 0 aliphatic carbocycles. The number of benzene rings is 1. The predicted octanol–water partition coefficient (Wildman–Crippen LogP) is 3.10. The molecule has 0 saturated heterocycles. The average molecular weight is 249 g/mol. The van der Waals surface area contributed by atoms with Crippen LogP contribution in [0.2, 0.25) is 5.02 Å². The monoisotopic (exact) mass is 248 g/mol. The molecular formula is C13H13ClN2O. The van der Waals surface area contributed by atoms with Crippen LogP contribution < -0.4 is 0 Å². The van der Waals surface area contributed by atoms with Gasteiger partial charge in [-0.1, -0.05) is 35.9 Å². The van der Waals surface area contributed by atoms with Gasteiger partial charge in [0.1, 0.15) is 5.69 Å². The van der Waals surface area contributed by atoms with Crippen molar-refractivity contribution in [3.63, 3.8) is 0 Å². The van der Waals surface area contributed by atoms with Crippen molar-refractivity contribution in [2.45, 2.75) is 20.4 Å². The number of hydrogen-bond acceptors (Lipinski definition) is 2. The Bertz CT molecular complexity index is 560. The van der Waals surface area contributed by atoms with Crippen LogP contribution >= 0.6 is 11.6 Å². The van der Waals surface area contributed by atoms with Gasteiger partial charge in [0, 0.05) is 12.1 Å². The molecule has 2 rings (SSSR count). The molecular weight excluding hydrogens is 236 g/mol. The second kappa shape index (κ2) is 4.72. The third-order valence-electron chi connectivity index (χ3n) is 2.70. The number of rotatable bonds is 3. The third-order valence-corrected chi connectivity index (χ3v) is 2.98. The molecule has 1 aromatic carbocycles. The smallest absolute Gasteiger partial charge is 0.212 e. The van der Waals surface area contributed by atoms with Gasteiger partial charge in [0.05, 0.1) is 11.2 Å². The molecule has 3 nitrogen and oxygen atoms in total. The standard InChI is InChI=1S/C13H13ClN2O/c1-3-16-12(11(14)8-15-16)13(17)10-7-5-4-6-9(10)2/h4-8H,3H2,1-2H3. The van der Waals surface area contributed by atoms with Crippen LogP contribution in [0, 0.1) is 6.92 Å². The zero-order valence-corrected chi connectivity index (χ0v) is 10.5. The molecule has 0 spiro atoms. The molecule has 0 saturated carbocycles. The van der Waals surface area contributed by atoms with E-state index in [1.807, 2.05) is 32.0 Å². The molecule has 1 aromatic heterocycles. The normalized spacial score (nSPS) is 10.5. The van der Waals surface area contributed by atoms with Gasteiger partial charge in [-0.3, -0.25) is 9.48 Å². The summed E-state index contributed by atoms with van der Waals surface area (Å²) >= 11 is 6.02. The molecule has 0 fully saturated rings. The maximum atomic E-state index is 12.4. The van der Waals surface area contributed by atoms with E-state index >= 15 is 0 Å². The summed E-state index contributed by atoms with van der Waals surface area (Å²) in [5.41, 5.74) is 2.07. The lowest BCUT2D eigenvalue weighted by Crippen LogP contribution is -2.12. The van der Waals surface area contributed by atoms with E-state index in [0.29, 0.717) is 22.8 Å². The third kappa shape index (κ3) is 2.11. The number of hydrogen-bond donors (Lipinski definition) is 0. The molecule has 0 bridgehead atoms. The molecule has 0 atom stereocenters. The van der Waals surface area contributed by atoms with Gasteiger partial charge in [-0.25, -0.2) is 0 Å². The highest BCUT2D eigenvalue weighted by molar-refractivity contribution is 6.34. The topological polar surface area (TPSA) is 34.9 Å². The Morgan fingerprint density at radius 3 is 2.76 bits per heavy atom. The summed E-state index contributed by atoms with van der Waals surface area (Å²) in [5.74, 6) is -0.0764. The number of carbonyl (C=O) groups excluding carboxylic acids is 1. The van der Waals surface area contributed by atoms with E-state index in [4.69, 9.17) is 11.6 Å². The molecule has 0 unspecified atom stereocenters. The van der Waals surface area contributed by atoms with Crippen molar-refractivity contribution >= 4 is 17.4 Å². The van der Waals surface area contributed by atoms with E-state index in [1.165, 1.54) is 6.20 Å². The van der Waals surface area contributed by atoms with Crippen LogP contribution in [0.5, 0.6) is 0 Å². The van der Waals surface area contributed by atoms with E-state index in [0.717, 1.165) is 5.56 Å². The predicted molar refractivity (Wildman–Crippen MR) is 67.5 cm³/mol. The molecule has 0 aliphatic heterocycles. The SMILES string of the molecule is CCn1ncc(Cl)c1C(=O)c1ccccc1C. The number of carbonyl (C=O) groups is 1. The van der Waals surface area contributed by atoms with E-state index in [9.17, 15) is 4.79 Å². The first kappa shape index (κ1) is 11.9. The van der Waals surface area contributed by atoms with Gasteiger partial charge in [-0.05, 0) is 19.4 Å². The van der Waals surface area contributed by atoms with Gasteiger partial charge in [0.25, 0.3) is 0 Å². The Labute approximate surface area is 105 Å². The van der Waals surface area contributed by atoms with E-state index in [2.05, 4.69) is 5.10 Å². The molecule has 17 heavy (non-hydrogen) atoms. The Morgan fingerprint density at radius 1 is 1.41 bits per heavy atom. The maximum Gasteiger partial charge on any atom is 0.212 e.